The second-order valence-electron chi connectivity index (χ2n) is 3.31. The highest BCUT2D eigenvalue weighted by Gasteiger charge is 2.18. The first-order chi connectivity index (χ1) is 6.77. The molecule has 76 valence electrons. The van der Waals surface area contributed by atoms with Crippen LogP contribution < -0.4 is 0 Å². The third-order valence-corrected chi connectivity index (χ3v) is 5.16. The lowest BCUT2D eigenvalue weighted by molar-refractivity contribution is 0.886. The molecule has 0 saturated heterocycles. The van der Waals surface area contributed by atoms with Crippen molar-refractivity contribution < 1.29 is 0 Å². The van der Waals surface area contributed by atoms with Crippen molar-refractivity contribution in [2.24, 2.45) is 0 Å². The standard InChI is InChI=1S/C9H10BrClN2S/c10-7-8(11)12-5-13-9(7)14-6-3-1-2-4-6/h5-6H,1-4H2. The maximum absolute atomic E-state index is 5.89. The van der Waals surface area contributed by atoms with Crippen molar-refractivity contribution in [2.45, 2.75) is 36.0 Å². The fourth-order valence-corrected chi connectivity index (χ4v) is 3.45. The van der Waals surface area contributed by atoms with Gasteiger partial charge in [-0.05, 0) is 28.8 Å². The van der Waals surface area contributed by atoms with Crippen molar-refractivity contribution in [3.05, 3.63) is 16.0 Å². The first kappa shape index (κ1) is 10.7. The molecule has 1 aromatic rings. The molecule has 0 aromatic carbocycles. The van der Waals surface area contributed by atoms with Gasteiger partial charge in [0.05, 0.1) is 4.47 Å². The fraction of sp³-hybridized carbons (Fsp3) is 0.556. The summed E-state index contributed by atoms with van der Waals surface area (Å²) >= 11 is 11.1. The Bertz CT molecular complexity index is 329. The van der Waals surface area contributed by atoms with Gasteiger partial charge in [0, 0.05) is 5.25 Å². The Morgan fingerprint density at radius 2 is 2.07 bits per heavy atom. The van der Waals surface area contributed by atoms with Crippen LogP contribution in [0, 0.1) is 0 Å². The molecular formula is C9H10BrClN2S. The second kappa shape index (κ2) is 4.81. The summed E-state index contributed by atoms with van der Waals surface area (Å²) in [5.74, 6) is 0. The van der Waals surface area contributed by atoms with Gasteiger partial charge in [0.1, 0.15) is 16.5 Å². The van der Waals surface area contributed by atoms with Crippen molar-refractivity contribution in [3.8, 4) is 0 Å². The molecule has 0 radical (unpaired) electrons. The van der Waals surface area contributed by atoms with Gasteiger partial charge in [-0.3, -0.25) is 0 Å². The predicted molar refractivity (Wildman–Crippen MR) is 62.9 cm³/mol. The number of hydrogen-bond donors (Lipinski definition) is 0. The summed E-state index contributed by atoms with van der Waals surface area (Å²) in [5.41, 5.74) is 0. The van der Waals surface area contributed by atoms with E-state index in [1.165, 1.54) is 32.0 Å². The summed E-state index contributed by atoms with van der Waals surface area (Å²) in [6.45, 7) is 0. The lowest BCUT2D eigenvalue weighted by Crippen LogP contribution is -1.96. The molecule has 2 nitrogen and oxygen atoms in total. The Morgan fingerprint density at radius 3 is 2.79 bits per heavy atom. The molecular weight excluding hydrogens is 284 g/mol. The fourth-order valence-electron chi connectivity index (χ4n) is 1.58. The van der Waals surface area contributed by atoms with E-state index in [1.54, 1.807) is 0 Å². The van der Waals surface area contributed by atoms with E-state index in [1.807, 2.05) is 11.8 Å². The van der Waals surface area contributed by atoms with E-state index in [0.29, 0.717) is 10.4 Å². The average Bonchev–Trinajstić information content (AvgIpc) is 2.66. The van der Waals surface area contributed by atoms with Crippen LogP contribution in [0.25, 0.3) is 0 Å². The Balaban J connectivity index is 2.11. The number of thioether (sulfide) groups is 1. The van der Waals surface area contributed by atoms with Crippen LogP contribution in [0.1, 0.15) is 25.7 Å². The van der Waals surface area contributed by atoms with E-state index in [9.17, 15) is 0 Å². The van der Waals surface area contributed by atoms with Crippen LogP contribution in [0.3, 0.4) is 0 Å². The minimum Gasteiger partial charge on any atom is -0.229 e. The molecule has 0 spiro atoms. The van der Waals surface area contributed by atoms with Gasteiger partial charge in [-0.1, -0.05) is 24.4 Å². The molecule has 1 aliphatic carbocycles. The van der Waals surface area contributed by atoms with E-state index in [4.69, 9.17) is 11.6 Å². The van der Waals surface area contributed by atoms with E-state index >= 15 is 0 Å². The van der Waals surface area contributed by atoms with Crippen LogP contribution >= 0.6 is 39.3 Å². The highest BCUT2D eigenvalue weighted by atomic mass is 79.9. The zero-order chi connectivity index (χ0) is 9.97. The first-order valence-electron chi connectivity index (χ1n) is 4.60. The van der Waals surface area contributed by atoms with Crippen molar-refractivity contribution in [3.63, 3.8) is 0 Å². The molecule has 1 saturated carbocycles. The minimum atomic E-state index is 0.500. The molecule has 1 heterocycles. The third-order valence-electron chi connectivity index (χ3n) is 2.30. The minimum absolute atomic E-state index is 0.500. The van der Waals surface area contributed by atoms with Crippen molar-refractivity contribution in [1.82, 2.24) is 9.97 Å². The Morgan fingerprint density at radius 1 is 1.36 bits per heavy atom. The smallest absolute Gasteiger partial charge is 0.147 e. The quantitative estimate of drug-likeness (QED) is 0.773. The summed E-state index contributed by atoms with van der Waals surface area (Å²) in [5, 5.41) is 2.18. The van der Waals surface area contributed by atoms with Gasteiger partial charge in [0.15, 0.2) is 0 Å². The van der Waals surface area contributed by atoms with E-state index in [0.717, 1.165) is 9.50 Å². The first-order valence-corrected chi connectivity index (χ1v) is 6.65. The van der Waals surface area contributed by atoms with Crippen LogP contribution in [-0.2, 0) is 0 Å². The number of halogens is 2. The van der Waals surface area contributed by atoms with Crippen LogP contribution in [-0.4, -0.2) is 15.2 Å². The molecule has 1 aliphatic rings. The average molecular weight is 294 g/mol. The molecule has 0 bridgehead atoms. The predicted octanol–water partition coefficient (Wildman–Crippen LogP) is 3.93. The monoisotopic (exact) mass is 292 g/mol. The molecule has 1 aromatic heterocycles. The summed E-state index contributed by atoms with van der Waals surface area (Å²) in [7, 11) is 0. The summed E-state index contributed by atoms with van der Waals surface area (Å²) < 4.78 is 0.832. The normalized spacial score (nSPS) is 17.6. The van der Waals surface area contributed by atoms with E-state index in [2.05, 4.69) is 25.9 Å². The molecule has 0 N–H and O–H groups in total. The lowest BCUT2D eigenvalue weighted by atomic mass is 10.4. The van der Waals surface area contributed by atoms with Crippen molar-refractivity contribution >= 4 is 39.3 Å². The number of rotatable bonds is 2. The molecule has 14 heavy (non-hydrogen) atoms. The molecule has 0 unspecified atom stereocenters. The third kappa shape index (κ3) is 2.41. The highest BCUT2D eigenvalue weighted by Crippen LogP contribution is 2.38. The van der Waals surface area contributed by atoms with Gasteiger partial charge >= 0.3 is 0 Å². The Labute approximate surface area is 101 Å². The van der Waals surface area contributed by atoms with Crippen molar-refractivity contribution in [1.29, 1.82) is 0 Å². The van der Waals surface area contributed by atoms with Crippen molar-refractivity contribution in [2.75, 3.05) is 0 Å². The molecule has 0 amide bonds. The molecule has 0 atom stereocenters. The summed E-state index contributed by atoms with van der Waals surface area (Å²) in [4.78, 5) is 8.13. The van der Waals surface area contributed by atoms with Crippen LogP contribution in [0.15, 0.2) is 15.8 Å². The van der Waals surface area contributed by atoms with Gasteiger partial charge in [-0.25, -0.2) is 9.97 Å². The lowest BCUT2D eigenvalue weighted by Gasteiger charge is -2.08. The van der Waals surface area contributed by atoms with Crippen LogP contribution in [0.5, 0.6) is 0 Å². The maximum Gasteiger partial charge on any atom is 0.147 e. The number of aromatic nitrogens is 2. The largest absolute Gasteiger partial charge is 0.229 e. The zero-order valence-electron chi connectivity index (χ0n) is 7.54. The van der Waals surface area contributed by atoms with Gasteiger partial charge in [0.2, 0.25) is 0 Å². The summed E-state index contributed by atoms with van der Waals surface area (Å²) in [6, 6.07) is 0. The van der Waals surface area contributed by atoms with Gasteiger partial charge in [0.25, 0.3) is 0 Å². The van der Waals surface area contributed by atoms with Crippen LogP contribution in [0.2, 0.25) is 5.15 Å². The SMILES string of the molecule is Clc1ncnc(SC2CCCC2)c1Br. The maximum atomic E-state index is 5.89. The Kier molecular flexibility index (Phi) is 3.68. The Hall–Kier alpha value is 0.200. The second-order valence-corrected chi connectivity index (χ2v) is 5.75. The molecule has 5 heteroatoms. The van der Waals surface area contributed by atoms with Crippen LogP contribution in [0.4, 0.5) is 0 Å². The molecule has 2 rings (SSSR count). The highest BCUT2D eigenvalue weighted by molar-refractivity contribution is 9.10. The molecule has 1 fully saturated rings. The van der Waals surface area contributed by atoms with E-state index in [-0.39, 0.29) is 0 Å². The van der Waals surface area contributed by atoms with Gasteiger partial charge < -0.3 is 0 Å². The van der Waals surface area contributed by atoms with Gasteiger partial charge in [-0.15, -0.1) is 11.8 Å². The van der Waals surface area contributed by atoms with Gasteiger partial charge in [-0.2, -0.15) is 0 Å². The topological polar surface area (TPSA) is 25.8 Å². The van der Waals surface area contributed by atoms with E-state index < -0.39 is 0 Å². The zero-order valence-corrected chi connectivity index (χ0v) is 10.7. The molecule has 0 aliphatic heterocycles. The summed E-state index contributed by atoms with van der Waals surface area (Å²) in [6.07, 6.45) is 6.78. The number of hydrogen-bond acceptors (Lipinski definition) is 3. The number of nitrogens with zero attached hydrogens (tertiary/aromatic N) is 2.